The fraction of sp³-hybridized carbons (Fsp3) is 0.100. The second-order valence-electron chi connectivity index (χ2n) is 6.01. The van der Waals surface area contributed by atoms with Crippen molar-refractivity contribution in [3.8, 4) is 5.75 Å². The van der Waals surface area contributed by atoms with E-state index >= 15 is 0 Å². The summed E-state index contributed by atoms with van der Waals surface area (Å²) in [5, 5.41) is 5.32. The lowest BCUT2D eigenvalue weighted by atomic mass is 10.2. The van der Waals surface area contributed by atoms with Gasteiger partial charge in [0.15, 0.2) is 5.11 Å². The molecule has 0 bridgehead atoms. The van der Waals surface area contributed by atoms with Crippen LogP contribution in [0.1, 0.15) is 21.7 Å². The number of rotatable bonds is 5. The van der Waals surface area contributed by atoms with Crippen LogP contribution in [0.25, 0.3) is 0 Å². The average molecular weight is 455 g/mol. The summed E-state index contributed by atoms with van der Waals surface area (Å²) < 4.78 is 48.9. The average Bonchev–Trinajstić information content (AvgIpc) is 3.23. The highest BCUT2D eigenvalue weighted by molar-refractivity contribution is 7.80. The number of halogens is 4. The lowest BCUT2D eigenvalue weighted by molar-refractivity contribution is -0.137. The van der Waals surface area contributed by atoms with E-state index in [1.807, 2.05) is 0 Å². The van der Waals surface area contributed by atoms with Crippen LogP contribution in [0.3, 0.4) is 0 Å². The summed E-state index contributed by atoms with van der Waals surface area (Å²) in [6, 6.07) is 13.1. The molecule has 156 valence electrons. The fourth-order valence-corrected chi connectivity index (χ4v) is 2.82. The number of hydrogen-bond acceptors (Lipinski definition) is 4. The molecule has 10 heteroatoms. The second kappa shape index (κ2) is 9.19. The molecule has 30 heavy (non-hydrogen) atoms. The van der Waals surface area contributed by atoms with Gasteiger partial charge in [0, 0.05) is 12.2 Å². The quantitative estimate of drug-likeness (QED) is 0.295. The van der Waals surface area contributed by atoms with Crippen molar-refractivity contribution < 1.29 is 27.1 Å². The molecular formula is C20H14ClF3N2O3S. The number of benzene rings is 2. The molecular weight excluding hydrogens is 441 g/mol. The summed E-state index contributed by atoms with van der Waals surface area (Å²) in [7, 11) is 0. The zero-order chi connectivity index (χ0) is 21.7. The summed E-state index contributed by atoms with van der Waals surface area (Å²) in [4.78, 5) is 11.8. The molecule has 2 aromatic carbocycles. The smallest absolute Gasteiger partial charge is 0.417 e. The number of hydrogen-bond donors (Lipinski definition) is 2. The maximum Gasteiger partial charge on any atom is 0.417 e. The minimum Gasteiger partial charge on any atom is -0.457 e. The lowest BCUT2D eigenvalue weighted by Gasteiger charge is -2.14. The van der Waals surface area contributed by atoms with E-state index < -0.39 is 17.7 Å². The zero-order valence-corrected chi connectivity index (χ0v) is 16.7. The van der Waals surface area contributed by atoms with Crippen LogP contribution in [-0.2, 0) is 12.7 Å². The van der Waals surface area contributed by atoms with Crippen LogP contribution >= 0.6 is 23.8 Å². The Kier molecular flexibility index (Phi) is 6.63. The van der Waals surface area contributed by atoms with Crippen molar-refractivity contribution in [1.29, 1.82) is 0 Å². The first-order chi connectivity index (χ1) is 14.2. The van der Waals surface area contributed by atoms with Crippen LogP contribution in [0, 0.1) is 0 Å². The number of furan rings is 1. The minimum atomic E-state index is -4.56. The van der Waals surface area contributed by atoms with Gasteiger partial charge in [0.05, 0.1) is 16.8 Å². The standard InChI is InChI=1S/C20H14ClF3N2O3S/c21-16-8-5-13(10-15(16)20(22,23)24)26-19(30)25-11-12-3-6-14(7-4-12)29-18(27)17-2-1-9-28-17/h1-10H,11H2,(H2,25,26,30). The number of anilines is 1. The Morgan fingerprint density at radius 2 is 1.87 bits per heavy atom. The molecule has 0 saturated carbocycles. The molecule has 0 fully saturated rings. The van der Waals surface area contributed by atoms with Crippen LogP contribution in [0.4, 0.5) is 18.9 Å². The van der Waals surface area contributed by atoms with Crippen molar-refractivity contribution in [3.05, 3.63) is 82.8 Å². The van der Waals surface area contributed by atoms with Gasteiger partial charge in [0.25, 0.3) is 0 Å². The van der Waals surface area contributed by atoms with E-state index in [2.05, 4.69) is 10.6 Å². The van der Waals surface area contributed by atoms with Crippen LogP contribution in [-0.4, -0.2) is 11.1 Å². The number of carbonyl (C=O) groups is 1. The van der Waals surface area contributed by atoms with Gasteiger partial charge in [-0.05, 0) is 60.2 Å². The van der Waals surface area contributed by atoms with E-state index in [1.165, 1.54) is 18.4 Å². The van der Waals surface area contributed by atoms with Gasteiger partial charge in [0.2, 0.25) is 5.76 Å². The normalized spacial score (nSPS) is 11.1. The SMILES string of the molecule is O=C(Oc1ccc(CNC(=S)Nc2ccc(Cl)c(C(F)(F)F)c2)cc1)c1ccco1. The summed E-state index contributed by atoms with van der Waals surface area (Å²) >= 11 is 10.7. The number of alkyl halides is 3. The fourth-order valence-electron chi connectivity index (χ4n) is 2.41. The summed E-state index contributed by atoms with van der Waals surface area (Å²) in [5.41, 5.74) is 0.0186. The number of carbonyl (C=O) groups excluding carboxylic acids is 1. The van der Waals surface area contributed by atoms with E-state index in [4.69, 9.17) is 33.0 Å². The minimum absolute atomic E-state index is 0.0908. The first kappa shape index (κ1) is 21.7. The van der Waals surface area contributed by atoms with Crippen molar-refractivity contribution in [2.45, 2.75) is 12.7 Å². The van der Waals surface area contributed by atoms with Gasteiger partial charge in [-0.25, -0.2) is 4.79 Å². The molecule has 0 radical (unpaired) electrons. The highest BCUT2D eigenvalue weighted by Gasteiger charge is 2.33. The summed E-state index contributed by atoms with van der Waals surface area (Å²) in [5.74, 6) is -0.188. The first-order valence-electron chi connectivity index (χ1n) is 8.48. The molecule has 0 atom stereocenters. The Labute approximate surface area is 179 Å². The van der Waals surface area contributed by atoms with Gasteiger partial charge >= 0.3 is 12.1 Å². The third-order valence-corrected chi connectivity index (χ3v) is 4.41. The molecule has 1 aromatic heterocycles. The molecule has 3 rings (SSSR count). The molecule has 5 nitrogen and oxygen atoms in total. The third-order valence-electron chi connectivity index (χ3n) is 3.84. The van der Waals surface area contributed by atoms with Crippen molar-refractivity contribution in [2.24, 2.45) is 0 Å². The monoisotopic (exact) mass is 454 g/mol. The van der Waals surface area contributed by atoms with Gasteiger partial charge < -0.3 is 19.8 Å². The predicted octanol–water partition coefficient (Wildman–Crippen LogP) is 5.66. The number of nitrogens with one attached hydrogen (secondary N) is 2. The van der Waals surface area contributed by atoms with E-state index in [1.54, 1.807) is 30.3 Å². The molecule has 1 heterocycles. The highest BCUT2D eigenvalue weighted by Crippen LogP contribution is 2.36. The molecule has 0 saturated heterocycles. The molecule has 2 N–H and O–H groups in total. The molecule has 3 aromatic rings. The maximum absolute atomic E-state index is 12.9. The Morgan fingerprint density at radius 1 is 1.13 bits per heavy atom. The number of esters is 1. The second-order valence-corrected chi connectivity index (χ2v) is 6.83. The van der Waals surface area contributed by atoms with Crippen LogP contribution < -0.4 is 15.4 Å². The molecule has 0 amide bonds. The van der Waals surface area contributed by atoms with Crippen molar-refractivity contribution in [3.63, 3.8) is 0 Å². The first-order valence-corrected chi connectivity index (χ1v) is 9.27. The summed E-state index contributed by atoms with van der Waals surface area (Å²) in [6.45, 7) is 0.304. The van der Waals surface area contributed by atoms with Gasteiger partial charge in [-0.2, -0.15) is 13.2 Å². The Bertz CT molecular complexity index is 1040. The van der Waals surface area contributed by atoms with Gasteiger partial charge in [-0.1, -0.05) is 23.7 Å². The molecule has 0 aliphatic carbocycles. The largest absolute Gasteiger partial charge is 0.457 e. The highest BCUT2D eigenvalue weighted by atomic mass is 35.5. The van der Waals surface area contributed by atoms with E-state index in [-0.39, 0.29) is 21.6 Å². The molecule has 0 aliphatic rings. The molecule has 0 aliphatic heterocycles. The molecule has 0 spiro atoms. The zero-order valence-electron chi connectivity index (χ0n) is 15.1. The summed E-state index contributed by atoms with van der Waals surface area (Å²) in [6.07, 6.45) is -3.19. The third kappa shape index (κ3) is 5.74. The Balaban J connectivity index is 1.53. The Morgan fingerprint density at radius 3 is 2.50 bits per heavy atom. The maximum atomic E-state index is 12.9. The number of ether oxygens (including phenoxy) is 1. The number of thiocarbonyl (C=S) groups is 1. The van der Waals surface area contributed by atoms with Crippen molar-refractivity contribution in [1.82, 2.24) is 5.32 Å². The predicted molar refractivity (Wildman–Crippen MR) is 110 cm³/mol. The van der Waals surface area contributed by atoms with E-state index in [9.17, 15) is 18.0 Å². The van der Waals surface area contributed by atoms with Gasteiger partial charge in [0.1, 0.15) is 5.75 Å². The van der Waals surface area contributed by atoms with Crippen molar-refractivity contribution in [2.75, 3.05) is 5.32 Å². The van der Waals surface area contributed by atoms with Crippen LogP contribution in [0.5, 0.6) is 5.75 Å². The topological polar surface area (TPSA) is 63.5 Å². The van der Waals surface area contributed by atoms with Crippen LogP contribution in [0.2, 0.25) is 5.02 Å². The lowest BCUT2D eigenvalue weighted by Crippen LogP contribution is -2.28. The van der Waals surface area contributed by atoms with Gasteiger partial charge in [-0.15, -0.1) is 0 Å². The van der Waals surface area contributed by atoms with E-state index in [0.717, 1.165) is 17.7 Å². The van der Waals surface area contributed by atoms with Crippen molar-refractivity contribution >= 4 is 40.6 Å². The van der Waals surface area contributed by atoms with Crippen LogP contribution in [0.15, 0.2) is 65.3 Å². The Hall–Kier alpha value is -3.04. The van der Waals surface area contributed by atoms with E-state index in [0.29, 0.717) is 12.3 Å². The molecule has 0 unspecified atom stereocenters. The van der Waals surface area contributed by atoms with Gasteiger partial charge in [-0.3, -0.25) is 0 Å².